The zero-order valence-electron chi connectivity index (χ0n) is 15.4. The van der Waals surface area contributed by atoms with E-state index >= 15 is 0 Å². The van der Waals surface area contributed by atoms with Gasteiger partial charge in [-0.3, -0.25) is 4.79 Å². The number of amides is 1. The summed E-state index contributed by atoms with van der Waals surface area (Å²) in [5, 5.41) is 2.33. The molecule has 0 spiro atoms. The predicted octanol–water partition coefficient (Wildman–Crippen LogP) is 4.71. The molecule has 0 heterocycles. The first-order chi connectivity index (χ1) is 13.5. The summed E-state index contributed by atoms with van der Waals surface area (Å²) in [6.07, 6.45) is -9.76. The molecule has 0 radical (unpaired) electrons. The largest absolute Gasteiger partial charge is 0.493 e. The van der Waals surface area contributed by atoms with Crippen molar-refractivity contribution < 1.29 is 40.6 Å². The molecule has 2 aromatic carbocycles. The zero-order valence-corrected chi connectivity index (χ0v) is 15.4. The van der Waals surface area contributed by atoms with Gasteiger partial charge in [-0.05, 0) is 42.3 Å². The minimum Gasteiger partial charge on any atom is -0.493 e. The number of alkyl halides is 6. The van der Waals surface area contributed by atoms with E-state index < -0.39 is 35.0 Å². The predicted molar refractivity (Wildman–Crippen MR) is 92.0 cm³/mol. The topological polar surface area (TPSA) is 47.6 Å². The van der Waals surface area contributed by atoms with Crippen LogP contribution in [0.15, 0.2) is 36.4 Å². The highest BCUT2D eigenvalue weighted by atomic mass is 19.4. The number of rotatable bonds is 6. The van der Waals surface area contributed by atoms with Crippen molar-refractivity contribution in [3.8, 4) is 11.5 Å². The van der Waals surface area contributed by atoms with Crippen molar-refractivity contribution in [3.63, 3.8) is 0 Å². The molecule has 0 fully saturated rings. The Hall–Kier alpha value is -2.91. The first-order valence-corrected chi connectivity index (χ1v) is 8.24. The molecule has 2 aromatic rings. The van der Waals surface area contributed by atoms with Crippen LogP contribution in [0.3, 0.4) is 0 Å². The number of carbonyl (C=O) groups excluding carboxylic acids is 1. The number of ether oxygens (including phenoxy) is 2. The van der Waals surface area contributed by atoms with Gasteiger partial charge >= 0.3 is 12.4 Å². The maximum Gasteiger partial charge on any atom is 0.416 e. The molecule has 0 unspecified atom stereocenters. The SMILES string of the molecule is COc1ccc(CCNC(=O)c2cc(C(F)(F)F)cc(C(F)(F)F)c2)cc1OC. The highest BCUT2D eigenvalue weighted by Gasteiger charge is 2.37. The molecule has 0 bridgehead atoms. The van der Waals surface area contributed by atoms with Crippen LogP contribution >= 0.6 is 0 Å². The molecule has 0 saturated heterocycles. The molecular weight excluding hydrogens is 404 g/mol. The molecule has 29 heavy (non-hydrogen) atoms. The van der Waals surface area contributed by atoms with Crippen LogP contribution < -0.4 is 14.8 Å². The number of benzene rings is 2. The van der Waals surface area contributed by atoms with Crippen LogP contribution in [0.1, 0.15) is 27.0 Å². The molecule has 0 aromatic heterocycles. The fourth-order valence-electron chi connectivity index (χ4n) is 2.54. The van der Waals surface area contributed by atoms with Crippen LogP contribution in [0.2, 0.25) is 0 Å². The van der Waals surface area contributed by atoms with Gasteiger partial charge in [0.1, 0.15) is 0 Å². The summed E-state index contributed by atoms with van der Waals surface area (Å²) < 4.78 is 87.5. The Morgan fingerprint density at radius 1 is 0.862 bits per heavy atom. The zero-order chi connectivity index (χ0) is 21.8. The van der Waals surface area contributed by atoms with Crippen LogP contribution in [0.5, 0.6) is 11.5 Å². The van der Waals surface area contributed by atoms with Gasteiger partial charge in [0.05, 0.1) is 25.3 Å². The van der Waals surface area contributed by atoms with Gasteiger partial charge in [-0.25, -0.2) is 0 Å². The standard InChI is InChI=1S/C19H17F6NO3/c1-28-15-4-3-11(7-16(15)29-2)5-6-26-17(27)12-8-13(18(20,21)22)10-14(9-12)19(23,24)25/h3-4,7-10H,5-6H2,1-2H3,(H,26,27). The van der Waals surface area contributed by atoms with Crippen LogP contribution in [-0.2, 0) is 18.8 Å². The number of hydrogen-bond acceptors (Lipinski definition) is 3. The molecule has 0 aliphatic heterocycles. The van der Waals surface area contributed by atoms with Crippen LogP contribution in [0.25, 0.3) is 0 Å². The molecule has 1 N–H and O–H groups in total. The molecule has 2 rings (SSSR count). The number of halogens is 6. The quantitative estimate of drug-likeness (QED) is 0.687. The molecule has 158 valence electrons. The molecule has 0 atom stereocenters. The highest BCUT2D eigenvalue weighted by molar-refractivity contribution is 5.94. The van der Waals surface area contributed by atoms with Crippen molar-refractivity contribution in [1.82, 2.24) is 5.32 Å². The minimum absolute atomic E-state index is 0.00802. The molecule has 4 nitrogen and oxygen atoms in total. The summed E-state index contributed by atoms with van der Waals surface area (Å²) in [7, 11) is 2.90. The van der Waals surface area contributed by atoms with E-state index in [9.17, 15) is 31.1 Å². The molecular formula is C19H17F6NO3. The number of hydrogen-bond donors (Lipinski definition) is 1. The van der Waals surface area contributed by atoms with E-state index in [4.69, 9.17) is 9.47 Å². The third-order valence-electron chi connectivity index (χ3n) is 4.00. The van der Waals surface area contributed by atoms with Gasteiger partial charge in [0.15, 0.2) is 11.5 Å². The second kappa shape index (κ2) is 8.62. The molecule has 0 aliphatic rings. The first kappa shape index (κ1) is 22.4. The van der Waals surface area contributed by atoms with Crippen molar-refractivity contribution in [2.24, 2.45) is 0 Å². The van der Waals surface area contributed by atoms with Gasteiger partial charge in [-0.15, -0.1) is 0 Å². The van der Waals surface area contributed by atoms with Crippen LogP contribution in [-0.4, -0.2) is 26.7 Å². The summed E-state index contributed by atoms with van der Waals surface area (Å²) in [4.78, 5) is 12.1. The van der Waals surface area contributed by atoms with Crippen molar-refractivity contribution >= 4 is 5.91 Å². The highest BCUT2D eigenvalue weighted by Crippen LogP contribution is 2.36. The van der Waals surface area contributed by atoms with Crippen molar-refractivity contribution in [2.75, 3.05) is 20.8 Å². The van der Waals surface area contributed by atoms with Crippen LogP contribution in [0, 0.1) is 0 Å². The summed E-state index contributed by atoms with van der Waals surface area (Å²) in [6.45, 7) is -0.00802. The lowest BCUT2D eigenvalue weighted by molar-refractivity contribution is -0.143. The van der Waals surface area contributed by atoms with Gasteiger partial charge in [-0.2, -0.15) is 26.3 Å². The maximum atomic E-state index is 12.9. The Bertz CT molecular complexity index is 845. The summed E-state index contributed by atoms with van der Waals surface area (Å²) in [5.74, 6) is -0.102. The van der Waals surface area contributed by atoms with E-state index in [0.29, 0.717) is 23.6 Å². The Balaban J connectivity index is 2.14. The fourth-order valence-corrected chi connectivity index (χ4v) is 2.54. The maximum absolute atomic E-state index is 12.9. The Labute approximate surface area is 162 Å². The second-order valence-corrected chi connectivity index (χ2v) is 5.99. The van der Waals surface area contributed by atoms with E-state index in [1.165, 1.54) is 14.2 Å². The average Bonchev–Trinajstić information content (AvgIpc) is 2.66. The molecule has 1 amide bonds. The summed E-state index contributed by atoms with van der Waals surface area (Å²) in [5.41, 5.74) is -3.09. The summed E-state index contributed by atoms with van der Waals surface area (Å²) in [6, 6.07) is 5.73. The van der Waals surface area contributed by atoms with Gasteiger partial charge in [0, 0.05) is 12.1 Å². The molecule has 10 heteroatoms. The number of methoxy groups -OCH3 is 2. The molecule has 0 aliphatic carbocycles. The van der Waals surface area contributed by atoms with Gasteiger partial charge in [0.2, 0.25) is 0 Å². The lowest BCUT2D eigenvalue weighted by Gasteiger charge is -2.14. The van der Waals surface area contributed by atoms with Crippen molar-refractivity contribution in [1.29, 1.82) is 0 Å². The second-order valence-electron chi connectivity index (χ2n) is 5.99. The van der Waals surface area contributed by atoms with Crippen molar-refractivity contribution in [2.45, 2.75) is 18.8 Å². The lowest BCUT2D eigenvalue weighted by atomic mass is 10.0. The van der Waals surface area contributed by atoms with E-state index in [-0.39, 0.29) is 19.0 Å². The Morgan fingerprint density at radius 2 is 1.41 bits per heavy atom. The monoisotopic (exact) mass is 421 g/mol. The van der Waals surface area contributed by atoms with Gasteiger partial charge < -0.3 is 14.8 Å². The number of carbonyl (C=O) groups is 1. The van der Waals surface area contributed by atoms with Gasteiger partial charge in [0.25, 0.3) is 5.91 Å². The van der Waals surface area contributed by atoms with E-state index in [2.05, 4.69) is 5.32 Å². The van der Waals surface area contributed by atoms with E-state index in [1.807, 2.05) is 0 Å². The third-order valence-corrected chi connectivity index (χ3v) is 4.00. The summed E-state index contributed by atoms with van der Waals surface area (Å²) >= 11 is 0. The first-order valence-electron chi connectivity index (χ1n) is 8.24. The van der Waals surface area contributed by atoms with Crippen LogP contribution in [0.4, 0.5) is 26.3 Å². The third kappa shape index (κ3) is 5.78. The molecule has 0 saturated carbocycles. The smallest absolute Gasteiger partial charge is 0.416 e. The number of nitrogens with one attached hydrogen (secondary N) is 1. The Kier molecular flexibility index (Phi) is 6.66. The minimum atomic E-state index is -5.02. The van der Waals surface area contributed by atoms with E-state index in [1.54, 1.807) is 18.2 Å². The Morgan fingerprint density at radius 3 is 1.90 bits per heavy atom. The normalized spacial score (nSPS) is 11.9. The lowest BCUT2D eigenvalue weighted by Crippen LogP contribution is -2.26. The average molecular weight is 421 g/mol. The van der Waals surface area contributed by atoms with Gasteiger partial charge in [-0.1, -0.05) is 6.07 Å². The van der Waals surface area contributed by atoms with Crippen molar-refractivity contribution in [3.05, 3.63) is 58.7 Å². The fraction of sp³-hybridized carbons (Fsp3) is 0.316. The van der Waals surface area contributed by atoms with E-state index in [0.717, 1.165) is 5.56 Å².